The first-order chi connectivity index (χ1) is 3.81. The minimum absolute atomic E-state index is 0.685. The predicted molar refractivity (Wildman–Crippen MR) is 35.6 cm³/mol. The van der Waals surface area contributed by atoms with Crippen LogP contribution in [0.5, 0.6) is 0 Å². The predicted octanol–water partition coefficient (Wildman–Crippen LogP) is 1.88. The Morgan fingerprint density at radius 3 is 2.62 bits per heavy atom. The highest BCUT2D eigenvalue weighted by Gasteiger charge is 1.96. The summed E-state index contributed by atoms with van der Waals surface area (Å²) in [5.74, 6) is 0.685. The third kappa shape index (κ3) is 4.13. The monoisotopic (exact) mass is 115 g/mol. The molecular weight excluding hydrogens is 100 g/mol. The molecule has 0 aliphatic carbocycles. The van der Waals surface area contributed by atoms with E-state index in [1.54, 1.807) is 7.11 Å². The second kappa shape index (κ2) is 5.10. The van der Waals surface area contributed by atoms with Crippen LogP contribution in [0.2, 0.25) is 0 Å². The molecule has 0 saturated carbocycles. The van der Waals surface area contributed by atoms with Crippen molar-refractivity contribution in [1.82, 2.24) is 0 Å². The van der Waals surface area contributed by atoms with Gasteiger partial charge in [0.05, 0.1) is 0 Å². The molecule has 0 N–H and O–H groups in total. The smallest absolute Gasteiger partial charge is 0.0487 e. The fraction of sp³-hybridized carbons (Fsp3) is 0.857. The zero-order chi connectivity index (χ0) is 6.41. The number of rotatable bonds is 4. The van der Waals surface area contributed by atoms with Gasteiger partial charge in [0.1, 0.15) is 0 Å². The zero-order valence-electron chi connectivity index (χ0n) is 5.98. The molecule has 0 heterocycles. The average Bonchev–Trinajstić information content (AvgIpc) is 1.68. The van der Waals surface area contributed by atoms with Gasteiger partial charge >= 0.3 is 0 Å². The van der Waals surface area contributed by atoms with Crippen molar-refractivity contribution in [2.24, 2.45) is 5.92 Å². The van der Waals surface area contributed by atoms with Crippen molar-refractivity contribution >= 4 is 0 Å². The molecule has 0 aliphatic heterocycles. The Labute approximate surface area is 52.0 Å². The molecule has 0 amide bonds. The Morgan fingerprint density at radius 1 is 1.62 bits per heavy atom. The molecular formula is C7H15O. The number of hydrogen-bond acceptors (Lipinski definition) is 1. The van der Waals surface area contributed by atoms with Gasteiger partial charge in [-0.05, 0) is 18.8 Å². The molecule has 0 aromatic heterocycles. The van der Waals surface area contributed by atoms with Crippen LogP contribution in [-0.2, 0) is 4.74 Å². The first kappa shape index (κ1) is 7.96. The van der Waals surface area contributed by atoms with Crippen molar-refractivity contribution < 1.29 is 4.74 Å². The lowest BCUT2D eigenvalue weighted by Crippen LogP contribution is -2.02. The Hall–Kier alpha value is -0.0400. The van der Waals surface area contributed by atoms with Gasteiger partial charge in [-0.3, -0.25) is 0 Å². The quantitative estimate of drug-likeness (QED) is 0.543. The van der Waals surface area contributed by atoms with Gasteiger partial charge in [0.15, 0.2) is 0 Å². The summed E-state index contributed by atoms with van der Waals surface area (Å²) < 4.78 is 4.94. The van der Waals surface area contributed by atoms with Crippen LogP contribution >= 0.6 is 0 Å². The Bertz CT molecular complexity index is 37.7. The second-order valence-electron chi connectivity index (χ2n) is 2.20. The summed E-state index contributed by atoms with van der Waals surface area (Å²) in [6.45, 7) is 5.14. The summed E-state index contributed by atoms with van der Waals surface area (Å²) in [6.07, 6.45) is 3.33. The molecule has 0 aromatic rings. The van der Waals surface area contributed by atoms with Gasteiger partial charge in [-0.15, -0.1) is 0 Å². The van der Waals surface area contributed by atoms with Crippen molar-refractivity contribution in [3.8, 4) is 0 Å². The minimum atomic E-state index is 0.685. The van der Waals surface area contributed by atoms with Crippen molar-refractivity contribution in [2.75, 3.05) is 13.7 Å². The maximum atomic E-state index is 4.94. The summed E-state index contributed by atoms with van der Waals surface area (Å²) in [4.78, 5) is 0. The Morgan fingerprint density at radius 2 is 2.25 bits per heavy atom. The van der Waals surface area contributed by atoms with Crippen LogP contribution in [0.25, 0.3) is 0 Å². The van der Waals surface area contributed by atoms with Crippen LogP contribution in [0, 0.1) is 12.3 Å². The fourth-order valence-electron chi connectivity index (χ4n) is 0.755. The Balaban J connectivity index is 2.92. The van der Waals surface area contributed by atoms with Gasteiger partial charge in [0.2, 0.25) is 0 Å². The summed E-state index contributed by atoms with van der Waals surface area (Å²) in [7, 11) is 1.74. The molecule has 1 heteroatoms. The molecule has 0 aliphatic rings. The number of hydrogen-bond donors (Lipinski definition) is 0. The molecule has 0 rings (SSSR count). The molecule has 1 nitrogen and oxygen atoms in total. The molecule has 49 valence electrons. The summed E-state index contributed by atoms with van der Waals surface area (Å²) >= 11 is 0. The van der Waals surface area contributed by atoms with E-state index >= 15 is 0 Å². The average molecular weight is 115 g/mol. The first-order valence-electron chi connectivity index (χ1n) is 3.08. The van der Waals surface area contributed by atoms with Gasteiger partial charge in [0.25, 0.3) is 0 Å². The van der Waals surface area contributed by atoms with E-state index in [2.05, 4.69) is 20.3 Å². The van der Waals surface area contributed by atoms with Crippen molar-refractivity contribution in [2.45, 2.75) is 20.3 Å². The number of methoxy groups -OCH3 is 1. The Kier molecular flexibility index (Phi) is 5.08. The highest BCUT2D eigenvalue weighted by Crippen LogP contribution is 2.02. The maximum absolute atomic E-state index is 4.94. The summed E-state index contributed by atoms with van der Waals surface area (Å²) in [6, 6.07) is 0. The fourth-order valence-corrected chi connectivity index (χ4v) is 0.755. The molecule has 0 bridgehead atoms. The molecule has 8 heavy (non-hydrogen) atoms. The second-order valence-corrected chi connectivity index (χ2v) is 2.20. The standard InChI is InChI=1S/C7H15O/c1-4-5-7(2)6-8-3/h4,7H,5-6H2,1-3H3. The van der Waals surface area contributed by atoms with E-state index in [1.807, 2.05) is 0 Å². The van der Waals surface area contributed by atoms with E-state index in [4.69, 9.17) is 4.74 Å². The zero-order valence-corrected chi connectivity index (χ0v) is 5.98. The van der Waals surface area contributed by atoms with Gasteiger partial charge in [-0.1, -0.05) is 13.8 Å². The van der Waals surface area contributed by atoms with Crippen LogP contribution in [-0.4, -0.2) is 13.7 Å². The van der Waals surface area contributed by atoms with Crippen molar-refractivity contribution in [3.05, 3.63) is 6.42 Å². The van der Waals surface area contributed by atoms with Crippen molar-refractivity contribution in [1.29, 1.82) is 0 Å². The maximum Gasteiger partial charge on any atom is 0.0487 e. The highest BCUT2D eigenvalue weighted by molar-refractivity contribution is 4.61. The van der Waals surface area contributed by atoms with Crippen LogP contribution in [0.15, 0.2) is 0 Å². The van der Waals surface area contributed by atoms with Crippen LogP contribution in [0.3, 0.4) is 0 Å². The first-order valence-corrected chi connectivity index (χ1v) is 3.08. The van der Waals surface area contributed by atoms with Crippen LogP contribution in [0.4, 0.5) is 0 Å². The summed E-state index contributed by atoms with van der Waals surface area (Å²) in [5.41, 5.74) is 0. The molecule has 0 aromatic carbocycles. The largest absolute Gasteiger partial charge is 0.384 e. The normalized spacial score (nSPS) is 13.9. The molecule has 1 atom stereocenters. The minimum Gasteiger partial charge on any atom is -0.384 e. The number of ether oxygens (including phenoxy) is 1. The summed E-state index contributed by atoms with van der Waals surface area (Å²) in [5, 5.41) is 0. The topological polar surface area (TPSA) is 9.23 Å². The van der Waals surface area contributed by atoms with Gasteiger partial charge < -0.3 is 4.74 Å². The molecule has 1 unspecified atom stereocenters. The van der Waals surface area contributed by atoms with Gasteiger partial charge in [0, 0.05) is 13.7 Å². The van der Waals surface area contributed by atoms with E-state index in [0.29, 0.717) is 5.92 Å². The molecule has 0 fully saturated rings. The third-order valence-electron chi connectivity index (χ3n) is 1.09. The van der Waals surface area contributed by atoms with E-state index in [1.165, 1.54) is 0 Å². The van der Waals surface area contributed by atoms with E-state index in [-0.39, 0.29) is 0 Å². The third-order valence-corrected chi connectivity index (χ3v) is 1.09. The lowest BCUT2D eigenvalue weighted by Gasteiger charge is -2.05. The SMILES string of the molecule is C[CH]CC(C)COC. The molecule has 0 saturated heterocycles. The lowest BCUT2D eigenvalue weighted by atomic mass is 10.1. The molecule has 1 radical (unpaired) electrons. The van der Waals surface area contributed by atoms with Crippen LogP contribution in [0.1, 0.15) is 20.3 Å². The van der Waals surface area contributed by atoms with Gasteiger partial charge in [-0.2, -0.15) is 0 Å². The lowest BCUT2D eigenvalue weighted by molar-refractivity contribution is 0.159. The van der Waals surface area contributed by atoms with Crippen LogP contribution < -0.4 is 0 Å². The highest BCUT2D eigenvalue weighted by atomic mass is 16.5. The van der Waals surface area contributed by atoms with E-state index < -0.39 is 0 Å². The molecule has 0 spiro atoms. The van der Waals surface area contributed by atoms with E-state index in [0.717, 1.165) is 13.0 Å². The van der Waals surface area contributed by atoms with Crippen molar-refractivity contribution in [3.63, 3.8) is 0 Å². The van der Waals surface area contributed by atoms with E-state index in [9.17, 15) is 0 Å². The van der Waals surface area contributed by atoms with Gasteiger partial charge in [-0.25, -0.2) is 0 Å².